The van der Waals surface area contributed by atoms with Gasteiger partial charge in [0, 0.05) is 0 Å². The summed E-state index contributed by atoms with van der Waals surface area (Å²) in [4.78, 5) is 0. The van der Waals surface area contributed by atoms with Gasteiger partial charge in [-0.25, -0.2) is 0 Å². The molecule has 0 aliphatic rings. The molecule has 3 aromatic carbocycles. The van der Waals surface area contributed by atoms with Crippen molar-refractivity contribution in [1.82, 2.24) is 0 Å². The van der Waals surface area contributed by atoms with E-state index in [1.165, 1.54) is 15.9 Å². The van der Waals surface area contributed by atoms with Crippen LogP contribution in [0.3, 0.4) is 0 Å². The third kappa shape index (κ3) is 5.95. The number of benzene rings is 3. The maximum absolute atomic E-state index is 4.00. The quantitative estimate of drug-likeness (QED) is 0.425. The smallest absolute Gasteiger partial charge is 0.0134 e. The molecule has 5 heteroatoms. The van der Waals surface area contributed by atoms with Crippen molar-refractivity contribution >= 4 is 48.6 Å². The van der Waals surface area contributed by atoms with Crippen LogP contribution in [0.2, 0.25) is 0 Å². The summed E-state index contributed by atoms with van der Waals surface area (Å²) in [5.41, 5.74) is 0. The Morgan fingerprint density at radius 3 is 0.870 bits per heavy atom. The summed E-state index contributed by atoms with van der Waals surface area (Å²) < 4.78 is 0. The molecule has 23 heavy (non-hydrogen) atoms. The van der Waals surface area contributed by atoms with E-state index in [1.54, 1.807) is 0 Å². The largest absolute Gasteiger partial charge is 0.274 e. The van der Waals surface area contributed by atoms with E-state index >= 15 is 0 Å². The average molecular weight is 367 g/mol. The highest BCUT2D eigenvalue weighted by atomic mass is 35.5. The van der Waals surface area contributed by atoms with Crippen molar-refractivity contribution in [3.05, 3.63) is 91.0 Å². The Morgan fingerprint density at radius 1 is 0.435 bits per heavy atom. The first kappa shape index (κ1) is 21.6. The van der Waals surface area contributed by atoms with Crippen LogP contribution in [0, 0.1) is 0 Å². The Balaban J connectivity index is 0.00000117. The van der Waals surface area contributed by atoms with Crippen LogP contribution in [0.25, 0.3) is 0 Å². The van der Waals surface area contributed by atoms with Gasteiger partial charge >= 0.3 is 0 Å². The molecule has 0 spiro atoms. The van der Waals surface area contributed by atoms with Gasteiger partial charge in [0.15, 0.2) is 0 Å². The van der Waals surface area contributed by atoms with Crippen molar-refractivity contribution in [2.75, 3.05) is 0 Å². The molecule has 0 bridgehead atoms. The fraction of sp³-hybridized carbons (Fsp3) is 0. The molecule has 2 nitrogen and oxygen atoms in total. The highest BCUT2D eigenvalue weighted by Gasteiger charge is 2.14. The molecule has 0 fully saturated rings. The standard InChI is InChI=1S/C18H15P.2ClH.H4N2/c1-4-10-16(11-5-1)19(17-12-6-2-7-13-17)18-14-8-3-9-15-18;;;1-2/h1-15H;2*1H;1-2H2. The maximum atomic E-state index is 4.00. The summed E-state index contributed by atoms with van der Waals surface area (Å²) in [6.07, 6.45) is 0. The molecule has 122 valence electrons. The zero-order chi connectivity index (χ0) is 14.9. The fourth-order valence-electron chi connectivity index (χ4n) is 2.18. The maximum Gasteiger partial charge on any atom is -0.0134 e. The van der Waals surface area contributed by atoms with E-state index in [0.717, 1.165) is 0 Å². The number of hydrogen-bond donors (Lipinski definition) is 2. The van der Waals surface area contributed by atoms with E-state index in [9.17, 15) is 0 Å². The van der Waals surface area contributed by atoms with Gasteiger partial charge in [0.1, 0.15) is 0 Å². The minimum Gasteiger partial charge on any atom is -0.274 e. The lowest BCUT2D eigenvalue weighted by Gasteiger charge is -2.18. The number of nitrogens with two attached hydrogens (primary N) is 2. The molecule has 0 aliphatic carbocycles. The molecule has 4 N–H and O–H groups in total. The number of hydrogen-bond acceptors (Lipinski definition) is 2. The Kier molecular flexibility index (Phi) is 11.3. The van der Waals surface area contributed by atoms with E-state index < -0.39 is 7.92 Å². The van der Waals surface area contributed by atoms with E-state index in [-0.39, 0.29) is 24.8 Å². The van der Waals surface area contributed by atoms with Gasteiger partial charge in [-0.1, -0.05) is 91.0 Å². The number of halogens is 2. The average Bonchev–Trinajstić information content (AvgIpc) is 2.60. The number of rotatable bonds is 3. The highest BCUT2D eigenvalue weighted by Crippen LogP contribution is 2.32. The lowest BCUT2D eigenvalue weighted by atomic mass is 10.4. The predicted octanol–water partition coefficient (Wildman–Crippen LogP) is 3.11. The minimum atomic E-state index is -0.446. The summed E-state index contributed by atoms with van der Waals surface area (Å²) in [5.74, 6) is 8.00. The van der Waals surface area contributed by atoms with Crippen LogP contribution in [-0.4, -0.2) is 0 Å². The molecule has 0 heterocycles. The Hall–Kier alpha value is -1.41. The second-order valence-corrected chi connectivity index (χ2v) is 6.56. The first-order valence-electron chi connectivity index (χ1n) is 6.74. The Morgan fingerprint density at radius 2 is 0.652 bits per heavy atom. The van der Waals surface area contributed by atoms with Gasteiger partial charge in [0.25, 0.3) is 0 Å². The van der Waals surface area contributed by atoms with Crippen LogP contribution in [0.5, 0.6) is 0 Å². The minimum absolute atomic E-state index is 0. The molecule has 0 saturated carbocycles. The summed E-state index contributed by atoms with van der Waals surface area (Å²) in [6, 6.07) is 32.3. The molecule has 0 atom stereocenters. The van der Waals surface area contributed by atoms with Crippen LogP contribution in [-0.2, 0) is 0 Å². The third-order valence-electron chi connectivity index (χ3n) is 3.04. The topological polar surface area (TPSA) is 52.0 Å². The molecule has 0 amide bonds. The molecular formula is C18H21Cl2N2P. The molecule has 0 unspecified atom stereocenters. The molecule has 3 aromatic rings. The van der Waals surface area contributed by atoms with Crippen molar-refractivity contribution in [1.29, 1.82) is 0 Å². The zero-order valence-corrected chi connectivity index (χ0v) is 15.1. The summed E-state index contributed by atoms with van der Waals surface area (Å²) in [6.45, 7) is 0. The molecule has 0 saturated heterocycles. The molecule has 0 aromatic heterocycles. The van der Waals surface area contributed by atoms with Crippen molar-refractivity contribution < 1.29 is 0 Å². The zero-order valence-electron chi connectivity index (χ0n) is 12.6. The second-order valence-electron chi connectivity index (χ2n) is 4.34. The second kappa shape index (κ2) is 12.1. The van der Waals surface area contributed by atoms with Gasteiger partial charge in [-0.15, -0.1) is 24.8 Å². The molecule has 0 radical (unpaired) electrons. The van der Waals surface area contributed by atoms with Crippen LogP contribution >= 0.6 is 32.7 Å². The van der Waals surface area contributed by atoms with Crippen LogP contribution in [0.15, 0.2) is 91.0 Å². The van der Waals surface area contributed by atoms with Gasteiger partial charge in [-0.2, -0.15) is 0 Å². The van der Waals surface area contributed by atoms with E-state index in [1.807, 2.05) is 0 Å². The van der Waals surface area contributed by atoms with Crippen molar-refractivity contribution in [2.24, 2.45) is 11.7 Å². The van der Waals surface area contributed by atoms with E-state index in [0.29, 0.717) is 0 Å². The lowest BCUT2D eigenvalue weighted by molar-refractivity contribution is 1.26. The normalized spacial score (nSPS) is 9.00. The van der Waals surface area contributed by atoms with E-state index in [2.05, 4.69) is 103 Å². The van der Waals surface area contributed by atoms with Gasteiger partial charge in [0.05, 0.1) is 0 Å². The third-order valence-corrected chi connectivity index (χ3v) is 5.49. The summed E-state index contributed by atoms with van der Waals surface area (Å²) in [7, 11) is -0.446. The van der Waals surface area contributed by atoms with Gasteiger partial charge < -0.3 is 0 Å². The molecular weight excluding hydrogens is 346 g/mol. The lowest BCUT2D eigenvalue weighted by Crippen LogP contribution is -2.20. The van der Waals surface area contributed by atoms with Crippen LogP contribution in [0.1, 0.15) is 0 Å². The van der Waals surface area contributed by atoms with Crippen molar-refractivity contribution in [3.63, 3.8) is 0 Å². The highest BCUT2D eigenvalue weighted by molar-refractivity contribution is 7.79. The first-order valence-corrected chi connectivity index (χ1v) is 8.08. The van der Waals surface area contributed by atoms with Crippen LogP contribution in [0.4, 0.5) is 0 Å². The van der Waals surface area contributed by atoms with Crippen LogP contribution < -0.4 is 27.6 Å². The first-order chi connectivity index (χ1) is 10.4. The monoisotopic (exact) mass is 366 g/mol. The van der Waals surface area contributed by atoms with Gasteiger partial charge in [0.2, 0.25) is 0 Å². The number of hydrazine groups is 1. The SMILES string of the molecule is Cl.Cl.NN.c1ccc(P(c2ccccc2)c2ccccc2)cc1. The Labute approximate surface area is 151 Å². The molecule has 0 aliphatic heterocycles. The fourth-order valence-corrected chi connectivity index (χ4v) is 4.48. The van der Waals surface area contributed by atoms with Crippen molar-refractivity contribution in [3.8, 4) is 0 Å². The Bertz CT molecular complexity index is 543. The van der Waals surface area contributed by atoms with E-state index in [4.69, 9.17) is 0 Å². The van der Waals surface area contributed by atoms with Gasteiger partial charge in [-0.3, -0.25) is 11.7 Å². The summed E-state index contributed by atoms with van der Waals surface area (Å²) >= 11 is 0. The predicted molar refractivity (Wildman–Crippen MR) is 108 cm³/mol. The van der Waals surface area contributed by atoms with Gasteiger partial charge in [-0.05, 0) is 23.8 Å². The summed E-state index contributed by atoms with van der Waals surface area (Å²) in [5, 5.41) is 4.19. The molecule has 3 rings (SSSR count). The van der Waals surface area contributed by atoms with Crippen molar-refractivity contribution in [2.45, 2.75) is 0 Å².